The largest absolute Gasteiger partial charge is 0.369 e. The Labute approximate surface area is 116 Å². The minimum atomic E-state index is 0.481. The third-order valence-corrected chi connectivity index (χ3v) is 4.44. The molecule has 0 unspecified atom stereocenters. The lowest BCUT2D eigenvalue weighted by molar-refractivity contribution is 0.301. The first-order valence-corrected chi connectivity index (χ1v) is 7.54. The van der Waals surface area contributed by atoms with Crippen molar-refractivity contribution < 1.29 is 0 Å². The lowest BCUT2D eigenvalue weighted by Gasteiger charge is -2.26. The maximum Gasteiger partial charge on any atom is 0.149 e. The first-order chi connectivity index (χ1) is 9.23. The molecule has 0 aromatic carbocycles. The van der Waals surface area contributed by atoms with Gasteiger partial charge in [-0.1, -0.05) is 20.8 Å². The van der Waals surface area contributed by atoms with E-state index < -0.39 is 0 Å². The predicted molar refractivity (Wildman–Crippen MR) is 80.7 cm³/mol. The Bertz CT molecular complexity index is 401. The zero-order valence-electron chi connectivity index (χ0n) is 12.4. The van der Waals surface area contributed by atoms with Gasteiger partial charge in [-0.05, 0) is 31.1 Å². The quantitative estimate of drug-likeness (QED) is 0.854. The van der Waals surface area contributed by atoms with Crippen molar-refractivity contribution in [2.24, 2.45) is 5.41 Å². The molecule has 1 aliphatic heterocycles. The van der Waals surface area contributed by atoms with Crippen molar-refractivity contribution in [1.82, 2.24) is 9.97 Å². The molecule has 1 saturated heterocycles. The van der Waals surface area contributed by atoms with Gasteiger partial charge in [0, 0.05) is 19.6 Å². The number of aromatic nitrogens is 2. The van der Waals surface area contributed by atoms with E-state index in [4.69, 9.17) is 0 Å². The van der Waals surface area contributed by atoms with E-state index in [1.165, 1.54) is 19.3 Å². The van der Waals surface area contributed by atoms with Crippen LogP contribution in [0.5, 0.6) is 0 Å². The molecule has 1 aromatic rings. The molecule has 106 valence electrons. The van der Waals surface area contributed by atoms with Crippen LogP contribution >= 0.6 is 0 Å². The van der Waals surface area contributed by atoms with Crippen molar-refractivity contribution in [3.63, 3.8) is 0 Å². The molecule has 0 atom stereocenters. The van der Waals surface area contributed by atoms with Gasteiger partial charge in [-0.15, -0.1) is 0 Å². The van der Waals surface area contributed by atoms with Crippen molar-refractivity contribution in [3.8, 4) is 0 Å². The van der Waals surface area contributed by atoms with E-state index in [1.807, 2.05) is 12.4 Å². The van der Waals surface area contributed by atoms with Crippen LogP contribution in [0.3, 0.4) is 0 Å². The van der Waals surface area contributed by atoms with E-state index in [-0.39, 0.29) is 0 Å². The van der Waals surface area contributed by atoms with Gasteiger partial charge >= 0.3 is 0 Å². The van der Waals surface area contributed by atoms with Crippen molar-refractivity contribution in [2.75, 3.05) is 29.9 Å². The van der Waals surface area contributed by atoms with Gasteiger partial charge in [-0.25, -0.2) is 4.98 Å². The molecule has 1 aliphatic rings. The van der Waals surface area contributed by atoms with E-state index in [2.05, 4.69) is 41.0 Å². The summed E-state index contributed by atoms with van der Waals surface area (Å²) in [6.07, 6.45) is 8.57. The number of hydrogen-bond acceptors (Lipinski definition) is 4. The van der Waals surface area contributed by atoms with Crippen molar-refractivity contribution >= 4 is 11.6 Å². The molecule has 1 fully saturated rings. The predicted octanol–water partition coefficient (Wildman–Crippen LogP) is 3.32. The molecule has 1 N–H and O–H groups in total. The molecule has 0 bridgehead atoms. The van der Waals surface area contributed by atoms with Gasteiger partial charge in [0.15, 0.2) is 0 Å². The molecule has 1 aromatic heterocycles. The average Bonchev–Trinajstić information content (AvgIpc) is 2.91. The van der Waals surface area contributed by atoms with Crippen molar-refractivity contribution in [1.29, 1.82) is 0 Å². The average molecular weight is 262 g/mol. The van der Waals surface area contributed by atoms with Crippen LogP contribution in [0.4, 0.5) is 11.6 Å². The molecule has 2 heterocycles. The Morgan fingerprint density at radius 3 is 2.68 bits per heavy atom. The number of nitrogens with one attached hydrogen (secondary N) is 1. The first kappa shape index (κ1) is 14.1. The van der Waals surface area contributed by atoms with Crippen LogP contribution < -0.4 is 10.2 Å². The zero-order chi connectivity index (χ0) is 13.7. The Balaban J connectivity index is 2.06. The fourth-order valence-corrected chi connectivity index (χ4v) is 2.80. The van der Waals surface area contributed by atoms with Crippen LogP contribution in [-0.4, -0.2) is 29.6 Å². The molecule has 0 saturated carbocycles. The Kier molecular flexibility index (Phi) is 4.61. The van der Waals surface area contributed by atoms with E-state index >= 15 is 0 Å². The third kappa shape index (κ3) is 3.17. The van der Waals surface area contributed by atoms with Gasteiger partial charge in [0.2, 0.25) is 0 Å². The number of hydrogen-bond donors (Lipinski definition) is 1. The van der Waals surface area contributed by atoms with Gasteiger partial charge in [0.05, 0.1) is 12.4 Å². The first-order valence-electron chi connectivity index (χ1n) is 7.54. The van der Waals surface area contributed by atoms with Crippen LogP contribution in [0.15, 0.2) is 12.4 Å². The van der Waals surface area contributed by atoms with Gasteiger partial charge in [0.25, 0.3) is 0 Å². The molecule has 2 rings (SSSR count). The Hall–Kier alpha value is -1.32. The molecule has 0 aliphatic carbocycles. The highest BCUT2D eigenvalue weighted by Gasteiger charge is 2.35. The summed E-state index contributed by atoms with van der Waals surface area (Å²) in [5.41, 5.74) is 0.481. The zero-order valence-corrected chi connectivity index (χ0v) is 12.4. The molecule has 0 amide bonds. The van der Waals surface area contributed by atoms with Crippen molar-refractivity contribution in [3.05, 3.63) is 12.4 Å². The van der Waals surface area contributed by atoms with E-state index in [1.54, 1.807) is 0 Å². The Morgan fingerprint density at radius 2 is 2.05 bits per heavy atom. The summed E-state index contributed by atoms with van der Waals surface area (Å²) in [6.45, 7) is 9.93. The fourth-order valence-electron chi connectivity index (χ4n) is 2.80. The maximum absolute atomic E-state index is 4.68. The van der Waals surface area contributed by atoms with Crippen LogP contribution in [-0.2, 0) is 0 Å². The summed E-state index contributed by atoms with van der Waals surface area (Å²) in [5.74, 6) is 1.91. The lowest BCUT2D eigenvalue weighted by atomic mass is 9.82. The molecular weight excluding hydrogens is 236 g/mol. The number of nitrogens with zero attached hydrogens (tertiary/aromatic N) is 3. The van der Waals surface area contributed by atoms with E-state index in [0.29, 0.717) is 5.41 Å². The minimum absolute atomic E-state index is 0.481. The monoisotopic (exact) mass is 262 g/mol. The molecule has 4 heteroatoms. The topological polar surface area (TPSA) is 41.1 Å². The summed E-state index contributed by atoms with van der Waals surface area (Å²) in [7, 11) is 0. The molecule has 0 spiro atoms. The SMILES string of the molecule is CCCNc1cncc(N2CCC(CC)(CC)C2)n1. The summed E-state index contributed by atoms with van der Waals surface area (Å²) in [4.78, 5) is 11.4. The second-order valence-electron chi connectivity index (χ2n) is 5.57. The summed E-state index contributed by atoms with van der Waals surface area (Å²) in [5, 5.41) is 3.31. The van der Waals surface area contributed by atoms with Crippen molar-refractivity contribution in [2.45, 2.75) is 46.5 Å². The van der Waals surface area contributed by atoms with Gasteiger partial charge in [-0.3, -0.25) is 4.98 Å². The third-order valence-electron chi connectivity index (χ3n) is 4.44. The summed E-state index contributed by atoms with van der Waals surface area (Å²) in [6, 6.07) is 0. The van der Waals surface area contributed by atoms with Crippen LogP contribution in [0, 0.1) is 5.41 Å². The fraction of sp³-hybridized carbons (Fsp3) is 0.733. The lowest BCUT2D eigenvalue weighted by Crippen LogP contribution is -2.27. The minimum Gasteiger partial charge on any atom is -0.369 e. The molecule has 0 radical (unpaired) electrons. The van der Waals surface area contributed by atoms with Gasteiger partial charge in [-0.2, -0.15) is 0 Å². The van der Waals surface area contributed by atoms with E-state index in [9.17, 15) is 0 Å². The molecule has 4 nitrogen and oxygen atoms in total. The highest BCUT2D eigenvalue weighted by molar-refractivity contribution is 5.45. The second kappa shape index (κ2) is 6.22. The number of rotatable bonds is 6. The van der Waals surface area contributed by atoms with E-state index in [0.717, 1.165) is 37.7 Å². The number of anilines is 2. The Morgan fingerprint density at radius 1 is 1.26 bits per heavy atom. The van der Waals surface area contributed by atoms with Crippen LogP contribution in [0.25, 0.3) is 0 Å². The molecular formula is C15H26N4. The summed E-state index contributed by atoms with van der Waals surface area (Å²) < 4.78 is 0. The normalized spacial score (nSPS) is 17.7. The maximum atomic E-state index is 4.68. The van der Waals surface area contributed by atoms with Gasteiger partial charge in [0.1, 0.15) is 11.6 Å². The van der Waals surface area contributed by atoms with Gasteiger partial charge < -0.3 is 10.2 Å². The highest BCUT2D eigenvalue weighted by atomic mass is 15.2. The summed E-state index contributed by atoms with van der Waals surface area (Å²) >= 11 is 0. The standard InChI is InChI=1S/C15H26N4/c1-4-8-17-13-10-16-11-14(18-13)19-9-7-15(5-2,6-3)12-19/h10-11H,4-9,12H2,1-3H3,(H,17,18). The smallest absolute Gasteiger partial charge is 0.149 e. The highest BCUT2D eigenvalue weighted by Crippen LogP contribution is 2.38. The van der Waals surface area contributed by atoms with Crippen LogP contribution in [0.2, 0.25) is 0 Å². The second-order valence-corrected chi connectivity index (χ2v) is 5.57. The van der Waals surface area contributed by atoms with Crippen LogP contribution in [0.1, 0.15) is 46.5 Å². The molecule has 19 heavy (non-hydrogen) atoms.